The van der Waals surface area contributed by atoms with Crippen molar-refractivity contribution in [3.05, 3.63) is 30.3 Å². The van der Waals surface area contributed by atoms with Gasteiger partial charge in [-0.15, -0.1) is 0 Å². The predicted octanol–water partition coefficient (Wildman–Crippen LogP) is 2.36. The Morgan fingerprint density at radius 3 is 2.56 bits per heavy atom. The summed E-state index contributed by atoms with van der Waals surface area (Å²) < 4.78 is 0. The molecule has 0 aromatic heterocycles. The van der Waals surface area contributed by atoms with Crippen molar-refractivity contribution >= 4 is 5.69 Å². The highest BCUT2D eigenvalue weighted by atomic mass is 14.8. The van der Waals surface area contributed by atoms with Gasteiger partial charge in [-0.05, 0) is 19.1 Å². The van der Waals surface area contributed by atoms with Crippen LogP contribution < -0.4 is 5.32 Å². The third-order valence-electron chi connectivity index (χ3n) is 1.15. The number of hydrogen-bond donors (Lipinski definition) is 1. The molecule has 0 heterocycles. The van der Waals surface area contributed by atoms with Gasteiger partial charge in [0.05, 0.1) is 0 Å². The Labute approximate surface area is 57.2 Å². The van der Waals surface area contributed by atoms with E-state index in [0.29, 0.717) is 0 Å². The van der Waals surface area contributed by atoms with Crippen molar-refractivity contribution in [2.75, 3.05) is 11.9 Å². The van der Waals surface area contributed by atoms with E-state index in [1.54, 1.807) is 0 Å². The molecule has 1 heteroatoms. The van der Waals surface area contributed by atoms with E-state index in [1.165, 1.54) is 5.69 Å². The van der Waals surface area contributed by atoms with E-state index in [2.05, 4.69) is 24.4 Å². The van der Waals surface area contributed by atoms with Crippen molar-refractivity contribution < 1.29 is 1.43 Å². The van der Waals surface area contributed by atoms with Crippen LogP contribution in [0.15, 0.2) is 30.3 Å². The minimum absolute atomic E-state index is 0. The summed E-state index contributed by atoms with van der Waals surface area (Å²) in [5, 5.41) is 3.21. The lowest BCUT2D eigenvalue weighted by Gasteiger charge is -1.99. The van der Waals surface area contributed by atoms with Crippen molar-refractivity contribution in [1.82, 2.24) is 0 Å². The zero-order chi connectivity index (χ0) is 6.53. The Bertz CT molecular complexity index is 162. The minimum atomic E-state index is 0. The Morgan fingerprint density at radius 1 is 1.33 bits per heavy atom. The summed E-state index contributed by atoms with van der Waals surface area (Å²) in [5.41, 5.74) is 1.19. The zero-order valence-electron chi connectivity index (χ0n) is 5.59. The van der Waals surface area contributed by atoms with Crippen LogP contribution in [0, 0.1) is 0 Å². The number of hydrogen-bond acceptors (Lipinski definition) is 1. The Kier molecular flexibility index (Phi) is 2.13. The lowest BCUT2D eigenvalue weighted by atomic mass is 10.3. The van der Waals surface area contributed by atoms with Gasteiger partial charge in [0.15, 0.2) is 0 Å². The van der Waals surface area contributed by atoms with Gasteiger partial charge in [-0.25, -0.2) is 0 Å². The molecular formula is C8H13N. The van der Waals surface area contributed by atoms with E-state index in [0.717, 1.165) is 6.54 Å². The van der Waals surface area contributed by atoms with Gasteiger partial charge in [0.1, 0.15) is 0 Å². The summed E-state index contributed by atoms with van der Waals surface area (Å²) >= 11 is 0. The van der Waals surface area contributed by atoms with Crippen molar-refractivity contribution in [1.29, 1.82) is 0 Å². The smallest absolute Gasteiger partial charge is 0.0340 e. The van der Waals surface area contributed by atoms with Crippen LogP contribution in [-0.2, 0) is 0 Å². The molecule has 0 unspecified atom stereocenters. The molecule has 0 aliphatic carbocycles. The average Bonchev–Trinajstić information content (AvgIpc) is 1.91. The third-order valence-corrected chi connectivity index (χ3v) is 1.15. The number of nitrogens with one attached hydrogen (secondary N) is 1. The molecule has 0 saturated heterocycles. The molecule has 0 aliphatic rings. The highest BCUT2D eigenvalue weighted by Gasteiger charge is 1.81. The molecule has 0 spiro atoms. The largest absolute Gasteiger partial charge is 0.385 e. The van der Waals surface area contributed by atoms with Crippen molar-refractivity contribution in [2.45, 2.75) is 6.92 Å². The van der Waals surface area contributed by atoms with E-state index in [-0.39, 0.29) is 1.43 Å². The highest BCUT2D eigenvalue weighted by molar-refractivity contribution is 5.41. The third kappa shape index (κ3) is 1.76. The molecule has 1 rings (SSSR count). The van der Waals surface area contributed by atoms with Crippen LogP contribution in [0.3, 0.4) is 0 Å². The second-order valence-electron chi connectivity index (χ2n) is 1.90. The molecule has 0 atom stereocenters. The normalized spacial score (nSPS) is 9.00. The monoisotopic (exact) mass is 123 g/mol. The van der Waals surface area contributed by atoms with E-state index in [1.807, 2.05) is 18.2 Å². The molecule has 1 N–H and O–H groups in total. The first-order chi connectivity index (χ1) is 4.43. The van der Waals surface area contributed by atoms with Crippen LogP contribution in [-0.4, -0.2) is 6.54 Å². The van der Waals surface area contributed by atoms with Gasteiger partial charge < -0.3 is 5.32 Å². The van der Waals surface area contributed by atoms with Crippen LogP contribution in [0.5, 0.6) is 0 Å². The quantitative estimate of drug-likeness (QED) is 0.636. The molecule has 0 radical (unpaired) electrons. The molecule has 1 aromatic rings. The van der Waals surface area contributed by atoms with Crippen LogP contribution >= 0.6 is 0 Å². The number of para-hydroxylation sites is 1. The molecule has 0 saturated carbocycles. The van der Waals surface area contributed by atoms with E-state index in [9.17, 15) is 0 Å². The van der Waals surface area contributed by atoms with Gasteiger partial charge in [-0.3, -0.25) is 0 Å². The summed E-state index contributed by atoms with van der Waals surface area (Å²) in [5.74, 6) is 0. The van der Waals surface area contributed by atoms with Crippen LogP contribution in [0.4, 0.5) is 5.69 Å². The Hall–Kier alpha value is -0.980. The zero-order valence-corrected chi connectivity index (χ0v) is 5.59. The molecule has 1 aromatic carbocycles. The molecule has 50 valence electrons. The fourth-order valence-electron chi connectivity index (χ4n) is 0.760. The fraction of sp³-hybridized carbons (Fsp3) is 0.250. The van der Waals surface area contributed by atoms with Crippen LogP contribution in [0.2, 0.25) is 0 Å². The van der Waals surface area contributed by atoms with Gasteiger partial charge in [0.25, 0.3) is 0 Å². The van der Waals surface area contributed by atoms with Crippen LogP contribution in [0.25, 0.3) is 0 Å². The van der Waals surface area contributed by atoms with Gasteiger partial charge >= 0.3 is 0 Å². The first-order valence-electron chi connectivity index (χ1n) is 3.22. The second-order valence-corrected chi connectivity index (χ2v) is 1.90. The molecule has 0 amide bonds. The highest BCUT2D eigenvalue weighted by Crippen LogP contribution is 2.02. The summed E-state index contributed by atoms with van der Waals surface area (Å²) in [7, 11) is 0. The van der Waals surface area contributed by atoms with Gasteiger partial charge in [0.2, 0.25) is 0 Å². The topological polar surface area (TPSA) is 12.0 Å². The Balaban J connectivity index is 0.000000810. The van der Waals surface area contributed by atoms with Gasteiger partial charge in [0, 0.05) is 13.7 Å². The van der Waals surface area contributed by atoms with Crippen LogP contribution in [0.1, 0.15) is 8.35 Å². The Morgan fingerprint density at radius 2 is 2.00 bits per heavy atom. The minimum Gasteiger partial charge on any atom is -0.385 e. The van der Waals surface area contributed by atoms with Gasteiger partial charge in [-0.2, -0.15) is 0 Å². The van der Waals surface area contributed by atoms with Crippen molar-refractivity contribution in [3.63, 3.8) is 0 Å². The summed E-state index contributed by atoms with van der Waals surface area (Å²) in [6.07, 6.45) is 0. The number of benzene rings is 1. The molecule has 1 nitrogen and oxygen atoms in total. The summed E-state index contributed by atoms with van der Waals surface area (Å²) in [6, 6.07) is 10.2. The number of anilines is 1. The maximum atomic E-state index is 3.21. The molecule has 0 aliphatic heterocycles. The summed E-state index contributed by atoms with van der Waals surface area (Å²) in [4.78, 5) is 0. The maximum absolute atomic E-state index is 3.21. The van der Waals surface area contributed by atoms with Crippen molar-refractivity contribution in [2.24, 2.45) is 0 Å². The summed E-state index contributed by atoms with van der Waals surface area (Å²) in [6.45, 7) is 3.08. The van der Waals surface area contributed by atoms with Crippen molar-refractivity contribution in [3.8, 4) is 0 Å². The molecule has 0 fully saturated rings. The molecule has 9 heavy (non-hydrogen) atoms. The molecule has 0 bridgehead atoms. The number of rotatable bonds is 2. The predicted molar refractivity (Wildman–Crippen MR) is 42.7 cm³/mol. The average molecular weight is 123 g/mol. The maximum Gasteiger partial charge on any atom is 0.0340 e. The van der Waals surface area contributed by atoms with Gasteiger partial charge in [-0.1, -0.05) is 18.2 Å². The first-order valence-corrected chi connectivity index (χ1v) is 3.22. The van der Waals surface area contributed by atoms with E-state index in [4.69, 9.17) is 0 Å². The molecular weight excluding hydrogens is 110 g/mol. The van der Waals surface area contributed by atoms with E-state index >= 15 is 0 Å². The standard InChI is InChI=1S/C8H11N.H2/c1-2-9-8-6-4-3-5-7-8;/h3-7,9H,2H2,1H3;1H. The first kappa shape index (κ1) is 6.14. The second kappa shape index (κ2) is 3.13. The SMILES string of the molecule is CCNc1ccccc1.[HH]. The fourth-order valence-corrected chi connectivity index (χ4v) is 0.760. The van der Waals surface area contributed by atoms with E-state index < -0.39 is 0 Å². The lowest BCUT2D eigenvalue weighted by Crippen LogP contribution is -1.94. The lowest BCUT2D eigenvalue weighted by molar-refractivity contribution is 1.21.